The predicted molar refractivity (Wildman–Crippen MR) is 73.1 cm³/mol. The van der Waals surface area contributed by atoms with E-state index in [1.807, 2.05) is 20.8 Å². The molecular weight excluding hydrogens is 246 g/mol. The number of rotatable bonds is 6. The molecule has 0 aliphatic heterocycles. The average molecular weight is 273 g/mol. The molecule has 5 nitrogen and oxygen atoms in total. The van der Waals surface area contributed by atoms with Crippen molar-refractivity contribution in [1.82, 2.24) is 5.32 Å². The van der Waals surface area contributed by atoms with Crippen LogP contribution in [-0.4, -0.2) is 50.6 Å². The van der Waals surface area contributed by atoms with Gasteiger partial charge in [-0.1, -0.05) is 0 Å². The summed E-state index contributed by atoms with van der Waals surface area (Å²) in [5.41, 5.74) is -0.718. The normalized spacial score (nSPS) is 27.5. The fourth-order valence-electron chi connectivity index (χ4n) is 2.41. The van der Waals surface area contributed by atoms with Crippen LogP contribution in [0.25, 0.3) is 0 Å². The van der Waals surface area contributed by atoms with Crippen molar-refractivity contribution < 1.29 is 19.0 Å². The zero-order chi connectivity index (χ0) is 14.5. The van der Waals surface area contributed by atoms with Gasteiger partial charge in [-0.05, 0) is 40.7 Å². The quantitative estimate of drug-likeness (QED) is 0.587. The predicted octanol–water partition coefficient (Wildman–Crippen LogP) is 1.50. The van der Waals surface area contributed by atoms with E-state index in [0.29, 0.717) is 19.6 Å². The van der Waals surface area contributed by atoms with Crippen molar-refractivity contribution in [3.8, 4) is 0 Å². The second-order valence-electron chi connectivity index (χ2n) is 6.02. The van der Waals surface area contributed by atoms with Crippen molar-refractivity contribution in [3.63, 3.8) is 0 Å². The molecule has 5 heteroatoms. The van der Waals surface area contributed by atoms with Gasteiger partial charge < -0.3 is 19.5 Å². The molecule has 0 amide bonds. The highest BCUT2D eigenvalue weighted by Crippen LogP contribution is 2.32. The standard InChI is InChI=1S/C14H27NO4/c1-13(2,3)19-9-8-18-11-6-7-14(10-11,15-4)12(16)17-5/h11,15H,6-10H2,1-5H3. The van der Waals surface area contributed by atoms with Crippen molar-refractivity contribution in [3.05, 3.63) is 0 Å². The molecule has 1 saturated carbocycles. The van der Waals surface area contributed by atoms with E-state index < -0.39 is 5.54 Å². The molecular formula is C14H27NO4. The number of esters is 1. The molecule has 1 N–H and O–H groups in total. The molecule has 0 aromatic carbocycles. The van der Waals surface area contributed by atoms with Crippen LogP contribution in [0.5, 0.6) is 0 Å². The molecule has 0 aromatic heterocycles. The van der Waals surface area contributed by atoms with Gasteiger partial charge in [0, 0.05) is 6.42 Å². The van der Waals surface area contributed by atoms with Gasteiger partial charge in [-0.2, -0.15) is 0 Å². The Morgan fingerprint density at radius 1 is 1.37 bits per heavy atom. The van der Waals surface area contributed by atoms with Gasteiger partial charge in [-0.15, -0.1) is 0 Å². The van der Waals surface area contributed by atoms with E-state index >= 15 is 0 Å². The van der Waals surface area contributed by atoms with E-state index in [9.17, 15) is 4.79 Å². The summed E-state index contributed by atoms with van der Waals surface area (Å²) < 4.78 is 16.2. The minimum absolute atomic E-state index is 0.0927. The average Bonchev–Trinajstić information content (AvgIpc) is 2.77. The number of ether oxygens (including phenoxy) is 3. The van der Waals surface area contributed by atoms with E-state index in [2.05, 4.69) is 5.32 Å². The Kier molecular flexibility index (Phi) is 5.77. The first-order chi connectivity index (χ1) is 8.83. The summed E-state index contributed by atoms with van der Waals surface area (Å²) in [6.07, 6.45) is 2.37. The summed E-state index contributed by atoms with van der Waals surface area (Å²) >= 11 is 0. The monoisotopic (exact) mass is 273 g/mol. The third-order valence-electron chi connectivity index (χ3n) is 3.50. The molecule has 0 spiro atoms. The maximum absolute atomic E-state index is 11.8. The van der Waals surface area contributed by atoms with Crippen molar-refractivity contribution in [2.75, 3.05) is 27.4 Å². The SMILES string of the molecule is CNC1(C(=O)OC)CCC(OCCOC(C)(C)C)C1. The highest BCUT2D eigenvalue weighted by Gasteiger charge is 2.45. The van der Waals surface area contributed by atoms with E-state index in [-0.39, 0.29) is 17.7 Å². The van der Waals surface area contributed by atoms with Crippen LogP contribution in [0.3, 0.4) is 0 Å². The van der Waals surface area contributed by atoms with Crippen LogP contribution in [0, 0.1) is 0 Å². The molecule has 1 fully saturated rings. The third kappa shape index (κ3) is 4.75. The number of hydrogen-bond donors (Lipinski definition) is 1. The minimum Gasteiger partial charge on any atom is -0.468 e. The van der Waals surface area contributed by atoms with Crippen LogP contribution in [0.15, 0.2) is 0 Å². The van der Waals surface area contributed by atoms with Crippen LogP contribution in [0.1, 0.15) is 40.0 Å². The Balaban J connectivity index is 2.33. The summed E-state index contributed by atoms with van der Waals surface area (Å²) in [5.74, 6) is -0.202. The van der Waals surface area contributed by atoms with Gasteiger partial charge in [0.05, 0.1) is 32.0 Å². The fraction of sp³-hybridized carbons (Fsp3) is 0.929. The van der Waals surface area contributed by atoms with Crippen LogP contribution in [0.4, 0.5) is 0 Å². The van der Waals surface area contributed by atoms with Gasteiger partial charge in [0.15, 0.2) is 0 Å². The number of nitrogens with one attached hydrogen (secondary N) is 1. The molecule has 2 atom stereocenters. The minimum atomic E-state index is -0.579. The van der Waals surface area contributed by atoms with E-state index in [1.54, 1.807) is 7.05 Å². The summed E-state index contributed by atoms with van der Waals surface area (Å²) in [4.78, 5) is 11.8. The van der Waals surface area contributed by atoms with Crippen LogP contribution < -0.4 is 5.32 Å². The number of likely N-dealkylation sites (N-methyl/N-ethyl adjacent to an activating group) is 1. The lowest BCUT2D eigenvalue weighted by molar-refractivity contribution is -0.148. The Morgan fingerprint density at radius 3 is 2.58 bits per heavy atom. The van der Waals surface area contributed by atoms with Crippen molar-refractivity contribution >= 4 is 5.97 Å². The molecule has 1 rings (SSSR count). The molecule has 0 bridgehead atoms. The second-order valence-corrected chi connectivity index (χ2v) is 6.02. The highest BCUT2D eigenvalue weighted by atomic mass is 16.5. The Labute approximate surface area is 116 Å². The molecule has 1 aliphatic rings. The molecule has 0 radical (unpaired) electrons. The van der Waals surface area contributed by atoms with E-state index in [0.717, 1.165) is 12.8 Å². The molecule has 0 aromatic rings. The lowest BCUT2D eigenvalue weighted by atomic mass is 9.98. The van der Waals surface area contributed by atoms with Crippen LogP contribution in [-0.2, 0) is 19.0 Å². The Morgan fingerprint density at radius 2 is 2.05 bits per heavy atom. The number of methoxy groups -OCH3 is 1. The maximum atomic E-state index is 11.8. The highest BCUT2D eigenvalue weighted by molar-refractivity contribution is 5.81. The second kappa shape index (κ2) is 6.68. The lowest BCUT2D eigenvalue weighted by Crippen LogP contribution is -2.49. The molecule has 1 aliphatic carbocycles. The lowest BCUT2D eigenvalue weighted by Gasteiger charge is -2.25. The topological polar surface area (TPSA) is 56.8 Å². The van der Waals surface area contributed by atoms with Gasteiger partial charge >= 0.3 is 5.97 Å². The largest absolute Gasteiger partial charge is 0.468 e. The van der Waals surface area contributed by atoms with Gasteiger partial charge in [-0.3, -0.25) is 4.79 Å². The van der Waals surface area contributed by atoms with Crippen LogP contribution >= 0.6 is 0 Å². The number of carbonyl (C=O) groups is 1. The fourth-order valence-corrected chi connectivity index (χ4v) is 2.41. The summed E-state index contributed by atoms with van der Waals surface area (Å²) in [5, 5.41) is 3.09. The maximum Gasteiger partial charge on any atom is 0.326 e. The van der Waals surface area contributed by atoms with Gasteiger partial charge in [0.25, 0.3) is 0 Å². The van der Waals surface area contributed by atoms with Crippen molar-refractivity contribution in [2.45, 2.75) is 57.3 Å². The number of hydrogen-bond acceptors (Lipinski definition) is 5. The summed E-state index contributed by atoms with van der Waals surface area (Å²) in [6.45, 7) is 7.19. The molecule has 112 valence electrons. The third-order valence-corrected chi connectivity index (χ3v) is 3.50. The smallest absolute Gasteiger partial charge is 0.326 e. The summed E-state index contributed by atoms with van der Waals surface area (Å²) in [6, 6.07) is 0. The number of carbonyl (C=O) groups excluding carboxylic acids is 1. The zero-order valence-electron chi connectivity index (χ0n) is 12.7. The molecule has 2 unspecified atom stereocenters. The first kappa shape index (κ1) is 16.4. The molecule has 0 saturated heterocycles. The first-order valence-corrected chi connectivity index (χ1v) is 6.86. The Bertz CT molecular complexity index is 300. The van der Waals surface area contributed by atoms with E-state index in [1.165, 1.54) is 7.11 Å². The van der Waals surface area contributed by atoms with Gasteiger partial charge in [0.1, 0.15) is 5.54 Å². The van der Waals surface area contributed by atoms with Gasteiger partial charge in [0.2, 0.25) is 0 Å². The van der Waals surface area contributed by atoms with Crippen LogP contribution in [0.2, 0.25) is 0 Å². The zero-order valence-corrected chi connectivity index (χ0v) is 12.7. The molecule has 19 heavy (non-hydrogen) atoms. The van der Waals surface area contributed by atoms with Gasteiger partial charge in [-0.25, -0.2) is 0 Å². The molecule has 0 heterocycles. The Hall–Kier alpha value is -0.650. The summed E-state index contributed by atoms with van der Waals surface area (Å²) in [7, 11) is 3.22. The first-order valence-electron chi connectivity index (χ1n) is 6.86. The van der Waals surface area contributed by atoms with Crippen molar-refractivity contribution in [2.24, 2.45) is 0 Å². The van der Waals surface area contributed by atoms with E-state index in [4.69, 9.17) is 14.2 Å². The van der Waals surface area contributed by atoms with Crippen molar-refractivity contribution in [1.29, 1.82) is 0 Å².